The summed E-state index contributed by atoms with van der Waals surface area (Å²) in [4.78, 5) is 0. The molecule has 1 heterocycles. The van der Waals surface area contributed by atoms with Crippen LogP contribution in [0.3, 0.4) is 0 Å². The molecule has 1 aromatic heterocycles. The van der Waals surface area contributed by atoms with E-state index in [1.165, 1.54) is 12.1 Å². The van der Waals surface area contributed by atoms with Crippen LogP contribution in [0, 0.1) is 17.3 Å². The molecule has 2 nitrogen and oxygen atoms in total. The molecule has 0 atom stereocenters. The standard InChI is InChI=1S/C12H10FNOS/c1-8-12(15)11(16)6-7-14(8)10-4-2-9(13)3-5-10/h2-7,15H,1H3. The molecule has 0 saturated carbocycles. The van der Waals surface area contributed by atoms with Crippen LogP contribution in [-0.4, -0.2) is 9.67 Å². The lowest BCUT2D eigenvalue weighted by molar-refractivity contribution is 0.463. The van der Waals surface area contributed by atoms with Gasteiger partial charge in [-0.15, -0.1) is 0 Å². The first-order chi connectivity index (χ1) is 7.59. The molecule has 4 heteroatoms. The summed E-state index contributed by atoms with van der Waals surface area (Å²) in [5, 5.41) is 9.70. The minimum Gasteiger partial charge on any atom is -0.505 e. The van der Waals surface area contributed by atoms with Crippen LogP contribution in [0.5, 0.6) is 5.75 Å². The van der Waals surface area contributed by atoms with E-state index < -0.39 is 0 Å². The van der Waals surface area contributed by atoms with Gasteiger partial charge in [0.1, 0.15) is 5.82 Å². The summed E-state index contributed by atoms with van der Waals surface area (Å²) in [6.07, 6.45) is 1.75. The van der Waals surface area contributed by atoms with Gasteiger partial charge in [-0.25, -0.2) is 4.39 Å². The normalized spacial score (nSPS) is 10.4. The summed E-state index contributed by atoms with van der Waals surface area (Å²) < 4.78 is 14.9. The Bertz CT molecular complexity index is 575. The predicted molar refractivity (Wildman–Crippen MR) is 63.0 cm³/mol. The second kappa shape index (κ2) is 4.06. The molecule has 0 fully saturated rings. The first-order valence-electron chi connectivity index (χ1n) is 4.77. The maximum atomic E-state index is 12.8. The van der Waals surface area contributed by atoms with E-state index >= 15 is 0 Å². The fourth-order valence-electron chi connectivity index (χ4n) is 1.51. The molecule has 82 valence electrons. The SMILES string of the molecule is Cc1c(O)c(=S)ccn1-c1ccc(F)cc1. The number of hydrogen-bond acceptors (Lipinski definition) is 2. The molecule has 0 saturated heterocycles. The highest BCUT2D eigenvalue weighted by Gasteiger charge is 2.04. The van der Waals surface area contributed by atoms with Crippen LogP contribution in [0.4, 0.5) is 4.39 Å². The molecule has 16 heavy (non-hydrogen) atoms. The number of halogens is 1. The van der Waals surface area contributed by atoms with Crippen molar-refractivity contribution in [1.82, 2.24) is 4.57 Å². The summed E-state index contributed by atoms with van der Waals surface area (Å²) in [6, 6.07) is 7.68. The molecule has 0 aliphatic heterocycles. The van der Waals surface area contributed by atoms with Gasteiger partial charge in [0, 0.05) is 11.9 Å². The number of rotatable bonds is 1. The molecule has 0 spiro atoms. The van der Waals surface area contributed by atoms with Crippen LogP contribution < -0.4 is 0 Å². The van der Waals surface area contributed by atoms with Crippen LogP contribution in [-0.2, 0) is 0 Å². The molecule has 0 bridgehead atoms. The lowest BCUT2D eigenvalue weighted by Crippen LogP contribution is -1.99. The van der Waals surface area contributed by atoms with Crippen molar-refractivity contribution in [3.8, 4) is 11.4 Å². The molecule has 2 aromatic rings. The van der Waals surface area contributed by atoms with Crippen molar-refractivity contribution in [2.24, 2.45) is 0 Å². The van der Waals surface area contributed by atoms with Crippen molar-refractivity contribution in [2.45, 2.75) is 6.92 Å². The highest BCUT2D eigenvalue weighted by atomic mass is 32.1. The summed E-state index contributed by atoms with van der Waals surface area (Å²) >= 11 is 4.95. The van der Waals surface area contributed by atoms with E-state index in [0.29, 0.717) is 10.2 Å². The topological polar surface area (TPSA) is 25.2 Å². The molecule has 0 aliphatic carbocycles. The Morgan fingerprint density at radius 3 is 2.44 bits per heavy atom. The number of benzene rings is 1. The predicted octanol–water partition coefficient (Wildman–Crippen LogP) is 3.36. The fraction of sp³-hybridized carbons (Fsp3) is 0.0833. The zero-order valence-electron chi connectivity index (χ0n) is 8.64. The number of aromatic nitrogens is 1. The van der Waals surface area contributed by atoms with Gasteiger partial charge in [-0.1, -0.05) is 12.2 Å². The minimum atomic E-state index is -0.286. The van der Waals surface area contributed by atoms with Crippen molar-refractivity contribution in [2.75, 3.05) is 0 Å². The van der Waals surface area contributed by atoms with Gasteiger partial charge in [-0.3, -0.25) is 0 Å². The van der Waals surface area contributed by atoms with Gasteiger partial charge >= 0.3 is 0 Å². The van der Waals surface area contributed by atoms with E-state index in [1.54, 1.807) is 35.9 Å². The van der Waals surface area contributed by atoms with Gasteiger partial charge in [0.05, 0.1) is 10.2 Å². The van der Waals surface area contributed by atoms with Crippen molar-refractivity contribution >= 4 is 12.2 Å². The molecule has 0 amide bonds. The molecular weight excluding hydrogens is 225 g/mol. The monoisotopic (exact) mass is 235 g/mol. The fourth-order valence-corrected chi connectivity index (χ4v) is 1.72. The van der Waals surface area contributed by atoms with E-state index in [-0.39, 0.29) is 11.6 Å². The van der Waals surface area contributed by atoms with Gasteiger partial charge in [0.25, 0.3) is 0 Å². The molecule has 0 aliphatic rings. The highest BCUT2D eigenvalue weighted by Crippen LogP contribution is 2.21. The summed E-state index contributed by atoms with van der Waals surface area (Å²) in [7, 11) is 0. The smallest absolute Gasteiger partial charge is 0.153 e. The lowest BCUT2D eigenvalue weighted by Gasteiger charge is -2.11. The second-order valence-electron chi connectivity index (χ2n) is 3.46. The minimum absolute atomic E-state index is 0.0850. The first-order valence-corrected chi connectivity index (χ1v) is 5.17. The Morgan fingerprint density at radius 1 is 1.19 bits per heavy atom. The van der Waals surface area contributed by atoms with Gasteiger partial charge in [0.2, 0.25) is 0 Å². The van der Waals surface area contributed by atoms with E-state index in [2.05, 4.69) is 0 Å². The third-order valence-electron chi connectivity index (χ3n) is 2.42. The van der Waals surface area contributed by atoms with Gasteiger partial charge < -0.3 is 9.67 Å². The third-order valence-corrected chi connectivity index (χ3v) is 2.75. The zero-order valence-corrected chi connectivity index (χ0v) is 9.46. The Balaban J connectivity index is 2.61. The number of pyridine rings is 1. The summed E-state index contributed by atoms with van der Waals surface area (Å²) in [5.41, 5.74) is 1.42. The molecule has 0 unspecified atom stereocenters. The van der Waals surface area contributed by atoms with E-state index in [4.69, 9.17) is 12.2 Å². The summed E-state index contributed by atoms with van der Waals surface area (Å²) in [5.74, 6) is -0.201. The van der Waals surface area contributed by atoms with Crippen LogP contribution in [0.15, 0.2) is 36.5 Å². The largest absolute Gasteiger partial charge is 0.505 e. The Kier molecular flexibility index (Phi) is 2.75. The van der Waals surface area contributed by atoms with Gasteiger partial charge in [-0.05, 0) is 37.3 Å². The third kappa shape index (κ3) is 1.84. The average molecular weight is 235 g/mol. The zero-order chi connectivity index (χ0) is 11.7. The second-order valence-corrected chi connectivity index (χ2v) is 3.90. The lowest BCUT2D eigenvalue weighted by atomic mass is 10.2. The van der Waals surface area contributed by atoms with Crippen LogP contribution in [0.25, 0.3) is 5.69 Å². The highest BCUT2D eigenvalue weighted by molar-refractivity contribution is 7.71. The van der Waals surface area contributed by atoms with Gasteiger partial charge in [0.15, 0.2) is 5.75 Å². The maximum Gasteiger partial charge on any atom is 0.153 e. The quantitative estimate of drug-likeness (QED) is 0.767. The molecule has 1 N–H and O–H groups in total. The van der Waals surface area contributed by atoms with Crippen molar-refractivity contribution in [3.05, 3.63) is 52.5 Å². The first kappa shape index (κ1) is 10.8. The Labute approximate surface area is 97.6 Å². The van der Waals surface area contributed by atoms with Crippen molar-refractivity contribution in [3.63, 3.8) is 0 Å². The van der Waals surface area contributed by atoms with Crippen LogP contribution in [0.2, 0.25) is 0 Å². The Morgan fingerprint density at radius 2 is 1.81 bits per heavy atom. The number of nitrogens with zero attached hydrogens (tertiary/aromatic N) is 1. The number of hydrogen-bond donors (Lipinski definition) is 1. The van der Waals surface area contributed by atoms with Crippen LogP contribution in [0.1, 0.15) is 5.69 Å². The van der Waals surface area contributed by atoms with E-state index in [0.717, 1.165) is 5.69 Å². The molecule has 1 aromatic carbocycles. The van der Waals surface area contributed by atoms with E-state index in [1.807, 2.05) is 0 Å². The summed E-state index contributed by atoms with van der Waals surface area (Å²) in [6.45, 7) is 1.76. The van der Waals surface area contributed by atoms with E-state index in [9.17, 15) is 9.50 Å². The van der Waals surface area contributed by atoms with Gasteiger partial charge in [-0.2, -0.15) is 0 Å². The molecule has 0 radical (unpaired) electrons. The average Bonchev–Trinajstić information content (AvgIpc) is 2.28. The van der Waals surface area contributed by atoms with Crippen molar-refractivity contribution in [1.29, 1.82) is 0 Å². The van der Waals surface area contributed by atoms with Crippen molar-refractivity contribution < 1.29 is 9.50 Å². The Hall–Kier alpha value is -1.68. The maximum absolute atomic E-state index is 12.8. The van der Waals surface area contributed by atoms with Crippen LogP contribution >= 0.6 is 12.2 Å². The molecular formula is C12H10FNOS. The number of aromatic hydroxyl groups is 1. The molecule has 2 rings (SSSR count).